The number of amides is 11. The fourth-order valence-electron chi connectivity index (χ4n) is 12.1. The highest BCUT2D eigenvalue weighted by Crippen LogP contribution is 2.29. The Kier molecular flexibility index (Phi) is 34.4. The van der Waals surface area contributed by atoms with E-state index in [9.17, 15) is 72.9 Å². The lowest BCUT2D eigenvalue weighted by Gasteiger charge is -2.34. The number of ether oxygens (including phenoxy) is 1. The SMILES string of the molecule is CCc1cc(OCCCCN=[N+]=[N-])ccc1-c1ccc(C[C@H](NC(=O)[C@H](CC(=O)O)NC(=O)[C@H](C)NC(=O)[C@@H](NC(=O)[C@](C)(Cc2ccccc2F)NC(=O)[C@@H](NC(=O)CNC(=O)[C@H](Cc2nn[nH]n2)NC(=O)C(C)(C)NC(=O)CCCc2c[nH]cn2)[C@@H](C)O)[C@@H](C)O)C(=O)N[C@@H](CCCc2cc(C)cc(C)c2)C(N)=O)cc1. The number of hydrogen-bond donors (Lipinski definition) is 16. The Morgan fingerprint density at radius 2 is 1.34 bits per heavy atom. The molecule has 10 atom stereocenters. The Balaban J connectivity index is 1.15. The van der Waals surface area contributed by atoms with Crippen LogP contribution in [0.4, 0.5) is 4.39 Å². The van der Waals surface area contributed by atoms with Crippen molar-refractivity contribution in [1.29, 1.82) is 0 Å². The van der Waals surface area contributed by atoms with Gasteiger partial charge in [0, 0.05) is 43.3 Å². The van der Waals surface area contributed by atoms with Gasteiger partial charge in [0.15, 0.2) is 5.82 Å². The molecule has 0 saturated heterocycles. The number of nitrogens with zero attached hydrogens (tertiary/aromatic N) is 7. The molecule has 11 amide bonds. The number of carboxylic acids is 1. The van der Waals surface area contributed by atoms with Crippen LogP contribution in [0.5, 0.6) is 5.75 Å². The summed E-state index contributed by atoms with van der Waals surface area (Å²) in [4.78, 5) is 175. The van der Waals surface area contributed by atoms with Gasteiger partial charge in [-0.25, -0.2) is 9.37 Å². The minimum atomic E-state index is -2.35. The summed E-state index contributed by atoms with van der Waals surface area (Å²) >= 11 is 0. The first-order valence-electron chi connectivity index (χ1n) is 36.9. The summed E-state index contributed by atoms with van der Waals surface area (Å²) in [7, 11) is 0. The number of aliphatic hydroxyl groups excluding tert-OH is 2. The van der Waals surface area contributed by atoms with E-state index < -0.39 is 162 Å². The zero-order valence-electron chi connectivity index (χ0n) is 64.5. The molecule has 17 N–H and O–H groups in total. The molecule has 0 unspecified atom stereocenters. The molecule has 0 aliphatic rings. The van der Waals surface area contributed by atoms with Crippen molar-refractivity contribution >= 4 is 70.9 Å². The zero-order valence-corrected chi connectivity index (χ0v) is 64.5. The number of carbonyl (C=O) groups is 12. The maximum atomic E-state index is 15.5. The molecule has 113 heavy (non-hydrogen) atoms. The zero-order chi connectivity index (χ0) is 83.1. The van der Waals surface area contributed by atoms with Crippen LogP contribution in [-0.4, -0.2) is 202 Å². The lowest BCUT2D eigenvalue weighted by molar-refractivity contribution is -0.142. The summed E-state index contributed by atoms with van der Waals surface area (Å²) in [6.07, 6.45) is 1.10. The molecule has 4 aromatic carbocycles. The molecule has 0 spiro atoms. The van der Waals surface area contributed by atoms with Gasteiger partial charge in [0.25, 0.3) is 0 Å². The van der Waals surface area contributed by atoms with Gasteiger partial charge in [-0.3, -0.25) is 57.5 Å². The van der Waals surface area contributed by atoms with Crippen molar-refractivity contribution in [2.24, 2.45) is 10.8 Å². The number of nitrogens with one attached hydrogen (secondary N) is 12. The number of unbranched alkanes of at least 4 members (excludes halogenated alkanes) is 1. The molecule has 6 rings (SSSR count). The minimum Gasteiger partial charge on any atom is -0.494 e. The van der Waals surface area contributed by atoms with Crippen LogP contribution in [0.1, 0.15) is 138 Å². The quantitative estimate of drug-likeness (QED) is 0.0111. The van der Waals surface area contributed by atoms with Crippen LogP contribution < -0.4 is 63.6 Å². The van der Waals surface area contributed by atoms with Gasteiger partial charge in [-0.05, 0) is 164 Å². The summed E-state index contributed by atoms with van der Waals surface area (Å²) in [5.41, 5.74) is 17.2. The molecule has 0 fully saturated rings. The molecule has 0 aliphatic heterocycles. The van der Waals surface area contributed by atoms with E-state index >= 15 is 4.39 Å². The number of nitrogens with two attached hydrogens (primary N) is 1. The summed E-state index contributed by atoms with van der Waals surface area (Å²) in [6.45, 7) is 12.9. The molecule has 0 bridgehead atoms. The minimum absolute atomic E-state index is 0.0341. The largest absolute Gasteiger partial charge is 0.494 e. The maximum absolute atomic E-state index is 15.5. The van der Waals surface area contributed by atoms with Crippen LogP contribution >= 0.6 is 0 Å². The second-order valence-corrected chi connectivity index (χ2v) is 28.3. The predicted molar refractivity (Wildman–Crippen MR) is 408 cm³/mol. The second-order valence-electron chi connectivity index (χ2n) is 28.3. The number of carboxylic acid groups (broad SMARTS) is 1. The number of carbonyl (C=O) groups excluding carboxylic acids is 11. The van der Waals surface area contributed by atoms with Crippen LogP contribution in [0.2, 0.25) is 0 Å². The van der Waals surface area contributed by atoms with Crippen molar-refractivity contribution in [1.82, 2.24) is 83.8 Å². The fourth-order valence-corrected chi connectivity index (χ4v) is 12.1. The van der Waals surface area contributed by atoms with Gasteiger partial charge in [-0.2, -0.15) is 5.21 Å². The summed E-state index contributed by atoms with van der Waals surface area (Å²) in [6, 6.07) is 11.8. The highest BCUT2D eigenvalue weighted by Gasteiger charge is 2.43. The number of tetrazole rings is 1. The number of rotatable bonds is 46. The number of imidazole rings is 1. The molecule has 0 aliphatic carbocycles. The van der Waals surface area contributed by atoms with Crippen molar-refractivity contribution < 1.29 is 82.0 Å². The van der Waals surface area contributed by atoms with E-state index in [1.54, 1.807) is 30.5 Å². The molecule has 6 aromatic rings. The van der Waals surface area contributed by atoms with E-state index in [1.165, 1.54) is 38.4 Å². The first kappa shape index (κ1) is 89.7. The average Bonchev–Trinajstić information content (AvgIpc) is 1.34. The Morgan fingerprint density at radius 1 is 0.673 bits per heavy atom. The van der Waals surface area contributed by atoms with Gasteiger partial charge in [-0.15, -0.1) is 10.2 Å². The molecular weight excluding hydrogens is 1470 g/mol. The maximum Gasteiger partial charge on any atom is 0.305 e. The van der Waals surface area contributed by atoms with Gasteiger partial charge in [0.1, 0.15) is 64.9 Å². The Morgan fingerprint density at radius 3 is 1.96 bits per heavy atom. The van der Waals surface area contributed by atoms with Gasteiger partial charge < -0.3 is 83.9 Å². The van der Waals surface area contributed by atoms with E-state index in [-0.39, 0.29) is 37.1 Å². The normalized spacial score (nSPS) is 14.1. The number of azide groups is 1. The van der Waals surface area contributed by atoms with Crippen LogP contribution in [0, 0.1) is 19.7 Å². The van der Waals surface area contributed by atoms with Gasteiger partial charge in [0.05, 0.1) is 43.8 Å². The lowest BCUT2D eigenvalue weighted by atomic mass is 9.90. The number of aliphatic carboxylic acids is 1. The van der Waals surface area contributed by atoms with Crippen LogP contribution in [-0.2, 0) is 96.1 Å². The highest BCUT2D eigenvalue weighted by molar-refractivity contribution is 6.00. The number of benzene rings is 4. The summed E-state index contributed by atoms with van der Waals surface area (Å²) in [5.74, 6) is -13.2. The number of aryl methyl sites for hydroxylation is 5. The third kappa shape index (κ3) is 28.9. The Hall–Kier alpha value is -12.2. The number of primary amides is 1. The third-order valence-electron chi connectivity index (χ3n) is 18.2. The van der Waals surface area contributed by atoms with E-state index in [0.29, 0.717) is 69.4 Å². The smallest absolute Gasteiger partial charge is 0.305 e. The lowest BCUT2D eigenvalue weighted by Crippen LogP contribution is -2.66. The van der Waals surface area contributed by atoms with Crippen molar-refractivity contribution in [2.75, 3.05) is 19.7 Å². The first-order chi connectivity index (χ1) is 53.6. The molecule has 2 heterocycles. The van der Waals surface area contributed by atoms with Crippen LogP contribution in [0.25, 0.3) is 21.6 Å². The number of aromatic amines is 2. The van der Waals surface area contributed by atoms with E-state index in [2.05, 4.69) is 93.8 Å². The summed E-state index contributed by atoms with van der Waals surface area (Å²) < 4.78 is 21.5. The highest BCUT2D eigenvalue weighted by atomic mass is 19.1. The predicted octanol–water partition coefficient (Wildman–Crippen LogP) is 1.47. The molecule has 36 nitrogen and oxygen atoms in total. The van der Waals surface area contributed by atoms with Crippen molar-refractivity contribution in [2.45, 2.75) is 211 Å². The summed E-state index contributed by atoms with van der Waals surface area (Å²) in [5, 5.41) is 73.3. The van der Waals surface area contributed by atoms with Gasteiger partial charge >= 0.3 is 5.97 Å². The number of aromatic nitrogens is 6. The monoisotopic (exact) mass is 1570 g/mol. The van der Waals surface area contributed by atoms with Gasteiger partial charge in [-0.1, -0.05) is 95.1 Å². The van der Waals surface area contributed by atoms with E-state index in [4.69, 9.17) is 16.0 Å². The first-order valence-corrected chi connectivity index (χ1v) is 36.9. The van der Waals surface area contributed by atoms with Crippen molar-refractivity contribution in [3.05, 3.63) is 159 Å². The van der Waals surface area contributed by atoms with E-state index in [1.807, 2.05) is 57.2 Å². The second kappa shape index (κ2) is 43.4. The number of aliphatic hydroxyl groups is 2. The van der Waals surface area contributed by atoms with Crippen molar-refractivity contribution in [3.8, 4) is 16.9 Å². The molecule has 2 aromatic heterocycles. The molecule has 0 radical (unpaired) electrons. The number of halogens is 1. The topological polar surface area (TPSA) is 553 Å². The Bertz CT molecular complexity index is 4310. The Labute approximate surface area is 651 Å². The molecule has 608 valence electrons. The third-order valence-corrected chi connectivity index (χ3v) is 18.2. The van der Waals surface area contributed by atoms with Crippen LogP contribution in [0.15, 0.2) is 103 Å². The van der Waals surface area contributed by atoms with E-state index in [0.717, 1.165) is 72.8 Å². The average molecular weight is 1570 g/mol. The standard InChI is InChI=1S/C76H101FN20O16/c1-10-49-35-53(113-30-14-13-29-83-95-79)27-28-54(49)50-25-23-47(24-26-50)34-57(69(107)85-56(66(78)104)21-15-17-48-32-42(2)31-43(3)33-48)87-70(108)59(37-63(102)103)86-67(105)44(4)84-71(109)64(45(5)98)90-74(112)76(9,38-51-18-11-12-20-55(51)77)92-72(110)65(46(6)99)89-62(101)40-81-68(106)58(36-60-93-96-97-94-60)88-73(111)75(7,8)91-61(100)22-16-19-52-39-80-41-82-52/h11-12,18,20,23-28,31-33,35,39,41,44-46,56-59,64-65,98-99H,10,13-17,19,21-22,29-30,34,36-38,40H2,1-9H3,(H2,78,104)(H,80,82)(H,81,106)(H,84,109)(H,85,107)(H,86,105)(H,87,108)(H,88,111)(H,89,101)(H,90,112)(H,91,100)(H,92,110)(H,102,103)(H,93,94,96,97)/t44-,45+,46+,56-,57-,58-,59-,64-,65-,76-/m0/s1. The molecule has 37 heteroatoms. The molecular formula is C76H101FN20O16. The number of hydrogen-bond acceptors (Lipinski definition) is 20. The molecule has 0 saturated carbocycles. The van der Waals surface area contributed by atoms with Crippen LogP contribution in [0.3, 0.4) is 0 Å². The van der Waals surface area contributed by atoms with Crippen molar-refractivity contribution in [3.63, 3.8) is 0 Å². The van der Waals surface area contributed by atoms with Gasteiger partial charge in [0.2, 0.25) is 65.0 Å². The fraction of sp³-hybridized carbons (Fsp3) is 0.474. The number of H-pyrrole nitrogens is 2.